The third kappa shape index (κ3) is 5.57. The van der Waals surface area contributed by atoms with Crippen LogP contribution >= 0.6 is 11.8 Å². The summed E-state index contributed by atoms with van der Waals surface area (Å²) in [6.45, 7) is 6.02. The highest BCUT2D eigenvalue weighted by molar-refractivity contribution is 7.99. The van der Waals surface area contributed by atoms with Gasteiger partial charge in [-0.15, -0.1) is 11.8 Å². The minimum Gasteiger partial charge on any atom is -0.381 e. The summed E-state index contributed by atoms with van der Waals surface area (Å²) >= 11 is 1.85. The molecule has 17 heavy (non-hydrogen) atoms. The van der Waals surface area contributed by atoms with Crippen LogP contribution in [0.4, 0.5) is 0 Å². The SMILES string of the molecule is CCCOCCSc1ccc(C(C)NC)cc1. The lowest BCUT2D eigenvalue weighted by molar-refractivity contribution is 0.151. The molecule has 0 saturated carbocycles. The molecule has 2 nitrogen and oxygen atoms in total. The van der Waals surface area contributed by atoms with Crippen LogP contribution in [0.1, 0.15) is 31.9 Å². The zero-order chi connectivity index (χ0) is 12.5. The van der Waals surface area contributed by atoms with E-state index in [1.165, 1.54) is 10.5 Å². The summed E-state index contributed by atoms with van der Waals surface area (Å²) in [4.78, 5) is 1.32. The molecule has 0 aliphatic rings. The lowest BCUT2D eigenvalue weighted by Gasteiger charge is -2.11. The van der Waals surface area contributed by atoms with Crippen molar-refractivity contribution in [1.82, 2.24) is 5.32 Å². The Hall–Kier alpha value is -0.510. The minimum atomic E-state index is 0.418. The Morgan fingerprint density at radius 2 is 1.94 bits per heavy atom. The van der Waals surface area contributed by atoms with Crippen molar-refractivity contribution in [2.75, 3.05) is 26.0 Å². The summed E-state index contributed by atoms with van der Waals surface area (Å²) in [5, 5.41) is 3.24. The van der Waals surface area contributed by atoms with Crippen molar-refractivity contribution in [1.29, 1.82) is 0 Å². The Morgan fingerprint density at radius 1 is 1.24 bits per heavy atom. The van der Waals surface area contributed by atoms with Crippen LogP contribution < -0.4 is 5.32 Å². The number of hydrogen-bond acceptors (Lipinski definition) is 3. The zero-order valence-electron chi connectivity index (χ0n) is 11.0. The van der Waals surface area contributed by atoms with Crippen LogP contribution in [0.5, 0.6) is 0 Å². The quantitative estimate of drug-likeness (QED) is 0.566. The van der Waals surface area contributed by atoms with E-state index in [4.69, 9.17) is 4.74 Å². The molecule has 0 aliphatic heterocycles. The van der Waals surface area contributed by atoms with Gasteiger partial charge >= 0.3 is 0 Å². The Kier molecular flexibility index (Phi) is 7.33. The van der Waals surface area contributed by atoms with Crippen LogP contribution in [-0.2, 0) is 4.74 Å². The molecule has 0 aliphatic carbocycles. The standard InChI is InChI=1S/C14H23NOS/c1-4-9-16-10-11-17-14-7-5-13(6-8-14)12(2)15-3/h5-8,12,15H,4,9-11H2,1-3H3. The molecule has 0 heterocycles. The molecule has 0 fully saturated rings. The fourth-order valence-corrected chi connectivity index (χ4v) is 2.25. The topological polar surface area (TPSA) is 21.3 Å². The maximum Gasteiger partial charge on any atom is 0.0560 e. The Labute approximate surface area is 109 Å². The number of benzene rings is 1. The molecule has 0 amide bonds. The van der Waals surface area contributed by atoms with Crippen LogP contribution in [0, 0.1) is 0 Å². The van der Waals surface area contributed by atoms with Crippen LogP contribution in [0.2, 0.25) is 0 Å². The molecule has 1 aromatic carbocycles. The largest absolute Gasteiger partial charge is 0.381 e. The predicted molar refractivity (Wildman–Crippen MR) is 75.8 cm³/mol. The average molecular weight is 253 g/mol. The van der Waals surface area contributed by atoms with Gasteiger partial charge in [-0.2, -0.15) is 0 Å². The molecule has 1 aromatic rings. The van der Waals surface area contributed by atoms with Crippen LogP contribution in [0.15, 0.2) is 29.2 Å². The van der Waals surface area contributed by atoms with Crippen LogP contribution in [0.3, 0.4) is 0 Å². The highest BCUT2D eigenvalue weighted by atomic mass is 32.2. The van der Waals surface area contributed by atoms with E-state index in [2.05, 4.69) is 43.4 Å². The van der Waals surface area contributed by atoms with Crippen LogP contribution in [0.25, 0.3) is 0 Å². The first kappa shape index (κ1) is 14.6. The zero-order valence-corrected chi connectivity index (χ0v) is 11.8. The van der Waals surface area contributed by atoms with Gasteiger partial charge in [0, 0.05) is 23.3 Å². The Bertz CT molecular complexity index is 300. The number of thioether (sulfide) groups is 1. The summed E-state index contributed by atoms with van der Waals surface area (Å²) in [5.74, 6) is 1.03. The molecule has 1 unspecified atom stereocenters. The molecule has 0 saturated heterocycles. The highest BCUT2D eigenvalue weighted by Gasteiger charge is 2.01. The molecule has 0 aromatic heterocycles. The lowest BCUT2D eigenvalue weighted by Crippen LogP contribution is -2.11. The van der Waals surface area contributed by atoms with Gasteiger partial charge in [-0.05, 0) is 38.1 Å². The number of rotatable bonds is 8. The van der Waals surface area contributed by atoms with Crippen LogP contribution in [-0.4, -0.2) is 26.0 Å². The second kappa shape index (κ2) is 8.56. The molecular weight excluding hydrogens is 230 g/mol. The second-order valence-electron chi connectivity index (χ2n) is 4.04. The van der Waals surface area contributed by atoms with Gasteiger partial charge in [-0.25, -0.2) is 0 Å². The Balaban J connectivity index is 2.30. The summed E-state index contributed by atoms with van der Waals surface area (Å²) in [7, 11) is 1.98. The van der Waals surface area contributed by atoms with E-state index in [1.54, 1.807) is 0 Å². The summed E-state index contributed by atoms with van der Waals surface area (Å²) in [6.07, 6.45) is 1.10. The lowest BCUT2D eigenvalue weighted by atomic mass is 10.1. The van der Waals surface area contributed by atoms with E-state index in [-0.39, 0.29) is 0 Å². The molecule has 0 spiro atoms. The molecule has 96 valence electrons. The van der Waals surface area contributed by atoms with Gasteiger partial charge in [0.2, 0.25) is 0 Å². The van der Waals surface area contributed by atoms with Crippen molar-refractivity contribution < 1.29 is 4.74 Å². The van der Waals surface area contributed by atoms with Crippen molar-refractivity contribution in [3.05, 3.63) is 29.8 Å². The van der Waals surface area contributed by atoms with Crippen molar-refractivity contribution in [2.45, 2.75) is 31.2 Å². The molecule has 1 rings (SSSR count). The van der Waals surface area contributed by atoms with Gasteiger partial charge < -0.3 is 10.1 Å². The number of ether oxygens (including phenoxy) is 1. The molecule has 0 bridgehead atoms. The normalized spacial score (nSPS) is 12.6. The number of nitrogens with one attached hydrogen (secondary N) is 1. The van der Waals surface area contributed by atoms with Gasteiger partial charge in [0.25, 0.3) is 0 Å². The number of hydrogen-bond donors (Lipinski definition) is 1. The monoisotopic (exact) mass is 253 g/mol. The highest BCUT2D eigenvalue weighted by Crippen LogP contribution is 2.20. The molecule has 3 heteroatoms. The van der Waals surface area contributed by atoms with Crippen molar-refractivity contribution in [2.24, 2.45) is 0 Å². The third-order valence-electron chi connectivity index (χ3n) is 2.66. The van der Waals surface area contributed by atoms with Gasteiger partial charge in [0.1, 0.15) is 0 Å². The van der Waals surface area contributed by atoms with E-state index >= 15 is 0 Å². The van der Waals surface area contributed by atoms with E-state index in [0.29, 0.717) is 6.04 Å². The second-order valence-corrected chi connectivity index (χ2v) is 5.21. The Morgan fingerprint density at radius 3 is 2.53 bits per heavy atom. The van der Waals surface area contributed by atoms with Crippen molar-refractivity contribution in [3.8, 4) is 0 Å². The fourth-order valence-electron chi connectivity index (χ4n) is 1.48. The smallest absolute Gasteiger partial charge is 0.0560 e. The first-order valence-electron chi connectivity index (χ1n) is 6.25. The summed E-state index contributed by atoms with van der Waals surface area (Å²) in [5.41, 5.74) is 1.33. The van der Waals surface area contributed by atoms with Gasteiger partial charge in [0.05, 0.1) is 6.61 Å². The van der Waals surface area contributed by atoms with E-state index in [0.717, 1.165) is 25.4 Å². The molecule has 1 N–H and O–H groups in total. The van der Waals surface area contributed by atoms with Gasteiger partial charge in [0.15, 0.2) is 0 Å². The first-order valence-corrected chi connectivity index (χ1v) is 7.24. The maximum atomic E-state index is 5.45. The molecular formula is C14H23NOS. The fraction of sp³-hybridized carbons (Fsp3) is 0.571. The first-order chi connectivity index (χ1) is 8.27. The summed E-state index contributed by atoms with van der Waals surface area (Å²) in [6, 6.07) is 9.18. The average Bonchev–Trinajstić information content (AvgIpc) is 2.38. The van der Waals surface area contributed by atoms with Gasteiger partial charge in [-0.3, -0.25) is 0 Å². The molecule has 1 atom stereocenters. The minimum absolute atomic E-state index is 0.418. The van der Waals surface area contributed by atoms with E-state index < -0.39 is 0 Å². The van der Waals surface area contributed by atoms with Gasteiger partial charge in [-0.1, -0.05) is 19.1 Å². The molecule has 0 radical (unpaired) electrons. The predicted octanol–water partition coefficient (Wildman–Crippen LogP) is 3.49. The maximum absolute atomic E-state index is 5.45. The van der Waals surface area contributed by atoms with E-state index in [9.17, 15) is 0 Å². The van der Waals surface area contributed by atoms with E-state index in [1.807, 2.05) is 18.8 Å². The van der Waals surface area contributed by atoms with Crippen molar-refractivity contribution >= 4 is 11.8 Å². The third-order valence-corrected chi connectivity index (χ3v) is 3.63. The summed E-state index contributed by atoms with van der Waals surface area (Å²) < 4.78 is 5.45. The van der Waals surface area contributed by atoms with Crippen molar-refractivity contribution in [3.63, 3.8) is 0 Å².